The smallest absolute Gasteiger partial charge is 0.338 e. The van der Waals surface area contributed by atoms with Crippen molar-refractivity contribution < 1.29 is 9.53 Å². The Kier molecular flexibility index (Phi) is 3.76. The van der Waals surface area contributed by atoms with E-state index in [4.69, 9.17) is 4.74 Å². The van der Waals surface area contributed by atoms with Gasteiger partial charge in [-0.2, -0.15) is 0 Å². The van der Waals surface area contributed by atoms with E-state index in [1.807, 2.05) is 19.9 Å². The molecular weight excluding hydrogens is 298 g/mol. The SMILES string of the molecule is CC(C)OC(=O)c1ccc(-n2cnnc2)c(Br)c1. The molecule has 0 saturated carbocycles. The number of ether oxygens (including phenoxy) is 1. The number of esters is 1. The maximum atomic E-state index is 11.7. The zero-order valence-corrected chi connectivity index (χ0v) is 11.6. The minimum atomic E-state index is -0.332. The lowest BCUT2D eigenvalue weighted by Gasteiger charge is -2.10. The van der Waals surface area contributed by atoms with E-state index in [0.717, 1.165) is 10.2 Å². The van der Waals surface area contributed by atoms with Crippen molar-refractivity contribution in [2.45, 2.75) is 20.0 Å². The van der Waals surface area contributed by atoms with Gasteiger partial charge >= 0.3 is 5.97 Å². The van der Waals surface area contributed by atoms with Gasteiger partial charge in [0, 0.05) is 4.47 Å². The molecule has 2 rings (SSSR count). The Morgan fingerprint density at radius 1 is 1.33 bits per heavy atom. The number of nitrogens with zero attached hydrogens (tertiary/aromatic N) is 3. The maximum absolute atomic E-state index is 11.7. The fourth-order valence-electron chi connectivity index (χ4n) is 1.45. The van der Waals surface area contributed by atoms with Crippen molar-refractivity contribution in [1.82, 2.24) is 14.8 Å². The average molecular weight is 310 g/mol. The third-order valence-electron chi connectivity index (χ3n) is 2.22. The Balaban J connectivity index is 2.28. The molecule has 5 nitrogen and oxygen atoms in total. The molecule has 0 aliphatic heterocycles. The summed E-state index contributed by atoms with van der Waals surface area (Å²) in [5.74, 6) is -0.332. The number of hydrogen-bond donors (Lipinski definition) is 0. The zero-order chi connectivity index (χ0) is 13.1. The van der Waals surface area contributed by atoms with E-state index >= 15 is 0 Å². The van der Waals surface area contributed by atoms with Crippen LogP contribution in [-0.2, 0) is 4.74 Å². The highest BCUT2D eigenvalue weighted by Crippen LogP contribution is 2.22. The second-order valence-electron chi connectivity index (χ2n) is 3.99. The van der Waals surface area contributed by atoms with E-state index < -0.39 is 0 Å². The number of aromatic nitrogens is 3. The lowest BCUT2D eigenvalue weighted by atomic mass is 10.2. The normalized spacial score (nSPS) is 10.7. The topological polar surface area (TPSA) is 57.0 Å². The molecule has 94 valence electrons. The van der Waals surface area contributed by atoms with Crippen LogP contribution in [0, 0.1) is 0 Å². The van der Waals surface area contributed by atoms with Crippen LogP contribution < -0.4 is 0 Å². The first-order valence-electron chi connectivity index (χ1n) is 5.43. The summed E-state index contributed by atoms with van der Waals surface area (Å²) in [6, 6.07) is 5.25. The summed E-state index contributed by atoms with van der Waals surface area (Å²) in [5.41, 5.74) is 1.37. The summed E-state index contributed by atoms with van der Waals surface area (Å²) in [5, 5.41) is 7.47. The van der Waals surface area contributed by atoms with Gasteiger partial charge in [0.25, 0.3) is 0 Å². The highest BCUT2D eigenvalue weighted by Gasteiger charge is 2.11. The Labute approximate surface area is 113 Å². The van der Waals surface area contributed by atoms with Gasteiger partial charge in [-0.1, -0.05) is 0 Å². The molecule has 0 N–H and O–H groups in total. The highest BCUT2D eigenvalue weighted by molar-refractivity contribution is 9.10. The summed E-state index contributed by atoms with van der Waals surface area (Å²) < 4.78 is 7.66. The number of hydrogen-bond acceptors (Lipinski definition) is 4. The van der Waals surface area contributed by atoms with Crippen LogP contribution in [0.5, 0.6) is 0 Å². The van der Waals surface area contributed by atoms with Gasteiger partial charge in [-0.3, -0.25) is 4.57 Å². The predicted octanol–water partition coefficient (Wildman–Crippen LogP) is 2.60. The van der Waals surface area contributed by atoms with Gasteiger partial charge in [-0.25, -0.2) is 4.79 Å². The fraction of sp³-hybridized carbons (Fsp3) is 0.250. The molecule has 0 atom stereocenters. The van der Waals surface area contributed by atoms with Crippen LogP contribution in [0.3, 0.4) is 0 Å². The van der Waals surface area contributed by atoms with Crippen molar-refractivity contribution in [3.63, 3.8) is 0 Å². The van der Waals surface area contributed by atoms with E-state index in [9.17, 15) is 4.79 Å². The lowest BCUT2D eigenvalue weighted by molar-refractivity contribution is 0.0378. The van der Waals surface area contributed by atoms with Crippen molar-refractivity contribution in [3.8, 4) is 5.69 Å². The third-order valence-corrected chi connectivity index (χ3v) is 2.86. The van der Waals surface area contributed by atoms with Crippen molar-refractivity contribution in [1.29, 1.82) is 0 Å². The lowest BCUT2D eigenvalue weighted by Crippen LogP contribution is -2.11. The van der Waals surface area contributed by atoms with Gasteiger partial charge in [0.2, 0.25) is 0 Å². The van der Waals surface area contributed by atoms with Crippen LogP contribution >= 0.6 is 15.9 Å². The molecule has 0 amide bonds. The molecule has 1 aromatic heterocycles. The standard InChI is InChI=1S/C12H12BrN3O2/c1-8(2)18-12(17)9-3-4-11(10(13)5-9)16-6-14-15-7-16/h3-8H,1-2H3. The number of halogens is 1. The number of rotatable bonds is 3. The molecule has 18 heavy (non-hydrogen) atoms. The monoisotopic (exact) mass is 309 g/mol. The van der Waals surface area contributed by atoms with E-state index in [0.29, 0.717) is 5.56 Å². The van der Waals surface area contributed by atoms with Gasteiger partial charge in [0.05, 0.1) is 17.4 Å². The van der Waals surface area contributed by atoms with E-state index in [1.165, 1.54) is 0 Å². The summed E-state index contributed by atoms with van der Waals surface area (Å²) in [6.07, 6.45) is 3.05. The second-order valence-corrected chi connectivity index (χ2v) is 4.84. The molecule has 0 bridgehead atoms. The molecule has 1 heterocycles. The molecule has 0 fully saturated rings. The first-order valence-corrected chi connectivity index (χ1v) is 6.23. The number of benzene rings is 1. The Hall–Kier alpha value is -1.69. The van der Waals surface area contributed by atoms with Crippen LogP contribution in [-0.4, -0.2) is 26.8 Å². The predicted molar refractivity (Wildman–Crippen MR) is 69.6 cm³/mol. The summed E-state index contributed by atoms with van der Waals surface area (Å²) in [6.45, 7) is 3.64. The largest absolute Gasteiger partial charge is 0.459 e. The molecule has 0 radical (unpaired) electrons. The van der Waals surface area contributed by atoms with Gasteiger partial charge in [0.15, 0.2) is 0 Å². The van der Waals surface area contributed by atoms with Gasteiger partial charge < -0.3 is 4.74 Å². The van der Waals surface area contributed by atoms with Crippen molar-refractivity contribution in [3.05, 3.63) is 40.9 Å². The third kappa shape index (κ3) is 2.76. The van der Waals surface area contributed by atoms with Crippen molar-refractivity contribution in [2.24, 2.45) is 0 Å². The quantitative estimate of drug-likeness (QED) is 0.818. The first kappa shape index (κ1) is 12.8. The maximum Gasteiger partial charge on any atom is 0.338 e. The Morgan fingerprint density at radius 2 is 2.00 bits per heavy atom. The van der Waals surface area contributed by atoms with E-state index in [-0.39, 0.29) is 12.1 Å². The van der Waals surface area contributed by atoms with Gasteiger partial charge in [-0.15, -0.1) is 10.2 Å². The van der Waals surface area contributed by atoms with Gasteiger partial charge in [-0.05, 0) is 48.0 Å². The second kappa shape index (κ2) is 5.30. The summed E-state index contributed by atoms with van der Waals surface area (Å²) >= 11 is 3.42. The van der Waals surface area contributed by atoms with Crippen LogP contribution in [0.25, 0.3) is 5.69 Å². The number of carbonyl (C=O) groups excluding carboxylic acids is 1. The molecule has 6 heteroatoms. The van der Waals surface area contributed by atoms with Crippen LogP contribution in [0.15, 0.2) is 35.3 Å². The minimum Gasteiger partial charge on any atom is -0.459 e. The number of carbonyl (C=O) groups is 1. The molecule has 0 aliphatic rings. The molecule has 0 saturated heterocycles. The van der Waals surface area contributed by atoms with Crippen molar-refractivity contribution >= 4 is 21.9 Å². The van der Waals surface area contributed by atoms with Crippen LogP contribution in [0.4, 0.5) is 0 Å². The van der Waals surface area contributed by atoms with Crippen LogP contribution in [0.2, 0.25) is 0 Å². The summed E-state index contributed by atoms with van der Waals surface area (Å²) in [4.78, 5) is 11.7. The molecule has 0 aliphatic carbocycles. The molecule has 0 spiro atoms. The van der Waals surface area contributed by atoms with E-state index in [1.54, 1.807) is 29.4 Å². The van der Waals surface area contributed by atoms with Crippen molar-refractivity contribution in [2.75, 3.05) is 0 Å². The minimum absolute atomic E-state index is 0.131. The molecule has 0 unspecified atom stereocenters. The average Bonchev–Trinajstić information content (AvgIpc) is 2.81. The summed E-state index contributed by atoms with van der Waals surface area (Å²) in [7, 11) is 0. The Bertz CT molecular complexity index is 552. The van der Waals surface area contributed by atoms with E-state index in [2.05, 4.69) is 26.1 Å². The van der Waals surface area contributed by atoms with Gasteiger partial charge in [0.1, 0.15) is 12.7 Å². The molecule has 2 aromatic rings. The van der Waals surface area contributed by atoms with Crippen LogP contribution in [0.1, 0.15) is 24.2 Å². The fourth-order valence-corrected chi connectivity index (χ4v) is 2.03. The highest BCUT2D eigenvalue weighted by atomic mass is 79.9. The molecular formula is C12H12BrN3O2. The molecule has 1 aromatic carbocycles. The zero-order valence-electron chi connectivity index (χ0n) is 10.0. The Morgan fingerprint density at radius 3 is 2.56 bits per heavy atom. The first-order chi connectivity index (χ1) is 8.58.